The van der Waals surface area contributed by atoms with Gasteiger partial charge in [-0.25, -0.2) is 0 Å². The molecule has 0 aromatic rings. The first-order valence-corrected chi connectivity index (χ1v) is 8.07. The molecule has 1 aliphatic heterocycles. The van der Waals surface area contributed by atoms with E-state index in [0.29, 0.717) is 19.0 Å². The van der Waals surface area contributed by atoms with E-state index in [1.165, 1.54) is 17.7 Å². The number of carbonyl (C=O) groups is 2. The minimum Gasteiger partial charge on any atom is -0.303 e. The molecule has 1 N–H and O–H groups in total. The molecule has 5 heteroatoms. The topological polar surface area (TPSA) is 49.4 Å². The second-order valence-electron chi connectivity index (χ2n) is 5.11. The number of likely N-dealkylation sites (N-methyl/N-ethyl adjacent to an activating group) is 1. The van der Waals surface area contributed by atoms with E-state index >= 15 is 0 Å². The van der Waals surface area contributed by atoms with Crippen molar-refractivity contribution in [2.75, 3.05) is 12.8 Å². The summed E-state index contributed by atoms with van der Waals surface area (Å²) >= 11 is 1.94. The first kappa shape index (κ1) is 13.9. The summed E-state index contributed by atoms with van der Waals surface area (Å²) in [4.78, 5) is 25.0. The molecule has 0 bridgehead atoms. The molecule has 0 aromatic carbocycles. The van der Waals surface area contributed by atoms with Gasteiger partial charge in [0.15, 0.2) is 0 Å². The Balaban J connectivity index is 1.84. The molecule has 2 rings (SSSR count). The number of hydrogen-bond acceptors (Lipinski definition) is 4. The number of imide groups is 1. The van der Waals surface area contributed by atoms with Crippen LogP contribution in [-0.2, 0) is 9.59 Å². The molecule has 1 atom stereocenters. The van der Waals surface area contributed by atoms with Crippen molar-refractivity contribution in [3.8, 4) is 0 Å². The highest BCUT2D eigenvalue weighted by molar-refractivity contribution is 7.99. The molecule has 0 spiro atoms. The Morgan fingerprint density at radius 3 is 2.44 bits per heavy atom. The molecular weight excluding hydrogens is 248 g/mol. The fourth-order valence-electron chi connectivity index (χ4n) is 2.90. The summed E-state index contributed by atoms with van der Waals surface area (Å²) in [5.74, 6) is -0.0627. The van der Waals surface area contributed by atoms with Crippen LogP contribution in [-0.4, -0.2) is 46.8 Å². The molecule has 102 valence electrons. The standard InChI is InChI=1S/C13H22N2O2S/c1-3-15-12(16)8-11(13(15)17)14-9-4-6-10(18-2)7-5-9/h9-11,14H,3-8H2,1-2H3. The van der Waals surface area contributed by atoms with Crippen LogP contribution in [0.5, 0.6) is 0 Å². The monoisotopic (exact) mass is 270 g/mol. The number of hydrogen-bond donors (Lipinski definition) is 1. The SMILES string of the molecule is CCN1C(=O)CC(NC2CCC(SC)CC2)C1=O. The number of amides is 2. The van der Waals surface area contributed by atoms with Crippen LogP contribution in [0.3, 0.4) is 0 Å². The van der Waals surface area contributed by atoms with E-state index in [9.17, 15) is 9.59 Å². The maximum absolute atomic E-state index is 12.0. The molecule has 4 nitrogen and oxygen atoms in total. The number of carbonyl (C=O) groups excluding carboxylic acids is 2. The van der Waals surface area contributed by atoms with Gasteiger partial charge in [-0.05, 0) is 38.9 Å². The summed E-state index contributed by atoms with van der Waals surface area (Å²) in [5, 5.41) is 4.16. The molecule has 2 fully saturated rings. The van der Waals surface area contributed by atoms with Gasteiger partial charge in [0.05, 0.1) is 12.5 Å². The molecule has 1 heterocycles. The fourth-order valence-corrected chi connectivity index (χ4v) is 3.64. The van der Waals surface area contributed by atoms with Crippen molar-refractivity contribution in [1.29, 1.82) is 0 Å². The zero-order chi connectivity index (χ0) is 13.1. The first-order chi connectivity index (χ1) is 8.65. The predicted octanol–water partition coefficient (Wildman–Crippen LogP) is 1.40. The fraction of sp³-hybridized carbons (Fsp3) is 0.846. The van der Waals surface area contributed by atoms with Gasteiger partial charge in [-0.2, -0.15) is 11.8 Å². The Labute approximate surface area is 113 Å². The van der Waals surface area contributed by atoms with Crippen molar-refractivity contribution in [3.63, 3.8) is 0 Å². The molecule has 0 aromatic heterocycles. The molecular formula is C13H22N2O2S. The maximum atomic E-state index is 12.0. The molecule has 1 saturated heterocycles. The van der Waals surface area contributed by atoms with Crippen LogP contribution >= 0.6 is 11.8 Å². The van der Waals surface area contributed by atoms with Gasteiger partial charge >= 0.3 is 0 Å². The van der Waals surface area contributed by atoms with E-state index < -0.39 is 0 Å². The largest absolute Gasteiger partial charge is 0.303 e. The van der Waals surface area contributed by atoms with Crippen LogP contribution in [0.1, 0.15) is 39.0 Å². The lowest BCUT2D eigenvalue weighted by atomic mass is 9.94. The first-order valence-electron chi connectivity index (χ1n) is 6.78. The number of rotatable bonds is 4. The third-order valence-corrected chi connectivity index (χ3v) is 5.14. The van der Waals surface area contributed by atoms with E-state index in [1.54, 1.807) is 0 Å². The predicted molar refractivity (Wildman–Crippen MR) is 73.5 cm³/mol. The van der Waals surface area contributed by atoms with E-state index in [1.807, 2.05) is 18.7 Å². The summed E-state index contributed by atoms with van der Waals surface area (Å²) in [6.07, 6.45) is 7.17. The zero-order valence-corrected chi connectivity index (χ0v) is 12.0. The lowest BCUT2D eigenvalue weighted by molar-refractivity contribution is -0.138. The van der Waals surface area contributed by atoms with Crippen LogP contribution in [0.2, 0.25) is 0 Å². The van der Waals surface area contributed by atoms with Crippen LogP contribution in [0, 0.1) is 0 Å². The third kappa shape index (κ3) is 2.88. The van der Waals surface area contributed by atoms with Crippen molar-refractivity contribution in [1.82, 2.24) is 10.2 Å². The van der Waals surface area contributed by atoms with Crippen LogP contribution in [0.15, 0.2) is 0 Å². The maximum Gasteiger partial charge on any atom is 0.246 e. The highest BCUT2D eigenvalue weighted by Crippen LogP contribution is 2.27. The van der Waals surface area contributed by atoms with Gasteiger partial charge in [-0.15, -0.1) is 0 Å². The number of thioether (sulfide) groups is 1. The quantitative estimate of drug-likeness (QED) is 0.785. The minimum atomic E-state index is -0.270. The van der Waals surface area contributed by atoms with Crippen molar-refractivity contribution in [3.05, 3.63) is 0 Å². The molecule has 1 saturated carbocycles. The average Bonchev–Trinajstić information content (AvgIpc) is 2.65. The van der Waals surface area contributed by atoms with Gasteiger partial charge in [0.25, 0.3) is 0 Å². The summed E-state index contributed by atoms with van der Waals surface area (Å²) in [6, 6.07) is 0.139. The van der Waals surface area contributed by atoms with Crippen LogP contribution < -0.4 is 5.32 Å². The van der Waals surface area contributed by atoms with E-state index in [2.05, 4.69) is 11.6 Å². The number of nitrogens with zero attached hydrogens (tertiary/aromatic N) is 1. The van der Waals surface area contributed by atoms with Crippen molar-refractivity contribution < 1.29 is 9.59 Å². The highest BCUT2D eigenvalue weighted by atomic mass is 32.2. The van der Waals surface area contributed by atoms with E-state index in [-0.39, 0.29) is 17.9 Å². The molecule has 2 aliphatic rings. The Kier molecular flexibility index (Phi) is 4.67. The molecule has 2 amide bonds. The highest BCUT2D eigenvalue weighted by Gasteiger charge is 2.38. The Hall–Kier alpha value is -0.550. The second kappa shape index (κ2) is 6.06. The van der Waals surface area contributed by atoms with Gasteiger partial charge in [0.2, 0.25) is 11.8 Å². The van der Waals surface area contributed by atoms with Gasteiger partial charge < -0.3 is 5.32 Å². The Morgan fingerprint density at radius 1 is 1.28 bits per heavy atom. The van der Waals surface area contributed by atoms with Gasteiger partial charge in [-0.1, -0.05) is 0 Å². The molecule has 18 heavy (non-hydrogen) atoms. The lowest BCUT2D eigenvalue weighted by Gasteiger charge is -2.29. The van der Waals surface area contributed by atoms with Crippen molar-refractivity contribution in [2.45, 2.75) is 56.4 Å². The number of likely N-dealkylation sites (tertiary alicyclic amines) is 1. The number of nitrogens with one attached hydrogen (secondary N) is 1. The normalized spacial score (nSPS) is 33.2. The summed E-state index contributed by atoms with van der Waals surface area (Å²) in [5.41, 5.74) is 0. The van der Waals surface area contributed by atoms with Gasteiger partial charge in [-0.3, -0.25) is 14.5 Å². The van der Waals surface area contributed by atoms with Crippen molar-refractivity contribution in [2.24, 2.45) is 0 Å². The van der Waals surface area contributed by atoms with E-state index in [4.69, 9.17) is 0 Å². The van der Waals surface area contributed by atoms with Gasteiger partial charge in [0, 0.05) is 17.8 Å². The lowest BCUT2D eigenvalue weighted by Crippen LogP contribution is -2.45. The minimum absolute atomic E-state index is 0.0298. The third-order valence-electron chi connectivity index (χ3n) is 4.00. The zero-order valence-electron chi connectivity index (χ0n) is 11.1. The summed E-state index contributed by atoms with van der Waals surface area (Å²) in [7, 11) is 0. The second-order valence-corrected chi connectivity index (χ2v) is 6.25. The smallest absolute Gasteiger partial charge is 0.246 e. The Morgan fingerprint density at radius 2 is 1.94 bits per heavy atom. The molecule has 0 radical (unpaired) electrons. The Bertz CT molecular complexity index is 327. The van der Waals surface area contributed by atoms with Crippen molar-refractivity contribution >= 4 is 23.6 Å². The van der Waals surface area contributed by atoms with Gasteiger partial charge in [0.1, 0.15) is 0 Å². The molecule has 1 unspecified atom stereocenters. The van der Waals surface area contributed by atoms with Crippen LogP contribution in [0.4, 0.5) is 0 Å². The summed E-state index contributed by atoms with van der Waals surface area (Å²) in [6.45, 7) is 2.34. The molecule has 1 aliphatic carbocycles. The van der Waals surface area contributed by atoms with Crippen LogP contribution in [0.25, 0.3) is 0 Å². The van der Waals surface area contributed by atoms with E-state index in [0.717, 1.165) is 18.1 Å². The summed E-state index contributed by atoms with van der Waals surface area (Å²) < 4.78 is 0. The average molecular weight is 270 g/mol.